The molecule has 0 spiro atoms. The summed E-state index contributed by atoms with van der Waals surface area (Å²) in [6, 6.07) is 3.82. The molecule has 0 unspecified atom stereocenters. The standard InChI is InChI=1S/C11H17N3OS.ClH/c1-12-7-8-14(2)11(15)9-16-10-3-5-13-6-4-10;/h3-6,12H,7-9H2,1-2H3;1H. The predicted molar refractivity (Wildman–Crippen MR) is 73.8 cm³/mol. The minimum absolute atomic E-state index is 0. The Morgan fingerprint density at radius 3 is 2.71 bits per heavy atom. The zero-order valence-corrected chi connectivity index (χ0v) is 11.7. The van der Waals surface area contributed by atoms with Crippen LogP contribution in [0.4, 0.5) is 0 Å². The summed E-state index contributed by atoms with van der Waals surface area (Å²) in [5.41, 5.74) is 0. The third-order valence-electron chi connectivity index (χ3n) is 2.14. The Hall–Kier alpha value is -0.780. The van der Waals surface area contributed by atoms with Gasteiger partial charge in [-0.05, 0) is 19.2 Å². The number of hydrogen-bond donors (Lipinski definition) is 1. The van der Waals surface area contributed by atoms with Crippen LogP contribution in [-0.4, -0.2) is 48.7 Å². The molecule has 0 aromatic carbocycles. The Morgan fingerprint density at radius 1 is 1.47 bits per heavy atom. The number of rotatable bonds is 6. The van der Waals surface area contributed by atoms with Gasteiger partial charge in [0.25, 0.3) is 0 Å². The molecule has 0 saturated carbocycles. The van der Waals surface area contributed by atoms with Crippen LogP contribution < -0.4 is 5.32 Å². The smallest absolute Gasteiger partial charge is 0.232 e. The number of pyridine rings is 1. The SMILES string of the molecule is CNCCN(C)C(=O)CSc1ccncc1.Cl. The Bertz CT molecular complexity index is 324. The summed E-state index contributed by atoms with van der Waals surface area (Å²) in [5, 5.41) is 3.02. The Labute approximate surface area is 113 Å². The highest BCUT2D eigenvalue weighted by Gasteiger charge is 2.08. The molecule has 4 nitrogen and oxygen atoms in total. The molecule has 0 fully saturated rings. The van der Waals surface area contributed by atoms with Crippen molar-refractivity contribution in [1.29, 1.82) is 0 Å². The van der Waals surface area contributed by atoms with E-state index in [4.69, 9.17) is 0 Å². The van der Waals surface area contributed by atoms with Crippen molar-refractivity contribution in [3.63, 3.8) is 0 Å². The molecule has 1 amide bonds. The highest BCUT2D eigenvalue weighted by molar-refractivity contribution is 8.00. The number of likely N-dealkylation sites (N-methyl/N-ethyl adjacent to an activating group) is 2. The van der Waals surface area contributed by atoms with Crippen LogP contribution in [0.25, 0.3) is 0 Å². The van der Waals surface area contributed by atoms with Crippen LogP contribution in [0, 0.1) is 0 Å². The predicted octanol–water partition coefficient (Wildman–Crippen LogP) is 1.27. The summed E-state index contributed by atoms with van der Waals surface area (Å²) >= 11 is 1.54. The van der Waals surface area contributed by atoms with Gasteiger partial charge in [0.05, 0.1) is 5.75 Å². The number of hydrogen-bond acceptors (Lipinski definition) is 4. The molecule has 0 aliphatic rings. The Kier molecular flexibility index (Phi) is 8.85. The molecular formula is C11H18ClN3OS. The molecule has 17 heavy (non-hydrogen) atoms. The number of carbonyl (C=O) groups excluding carboxylic acids is 1. The number of nitrogens with zero attached hydrogens (tertiary/aromatic N) is 2. The lowest BCUT2D eigenvalue weighted by Crippen LogP contribution is -2.33. The quantitative estimate of drug-likeness (QED) is 0.795. The fourth-order valence-corrected chi connectivity index (χ4v) is 1.92. The van der Waals surface area contributed by atoms with Gasteiger partial charge in [0.2, 0.25) is 5.91 Å². The van der Waals surface area contributed by atoms with Crippen molar-refractivity contribution in [2.24, 2.45) is 0 Å². The fourth-order valence-electron chi connectivity index (χ4n) is 1.09. The summed E-state index contributed by atoms with van der Waals surface area (Å²) in [6.45, 7) is 1.56. The largest absolute Gasteiger partial charge is 0.344 e. The second-order valence-corrected chi connectivity index (χ2v) is 4.44. The molecule has 0 aliphatic heterocycles. The molecule has 1 aromatic heterocycles. The van der Waals surface area contributed by atoms with Crippen molar-refractivity contribution < 1.29 is 4.79 Å². The molecule has 96 valence electrons. The average molecular weight is 276 g/mol. The van der Waals surface area contributed by atoms with E-state index in [1.165, 1.54) is 11.8 Å². The van der Waals surface area contributed by atoms with Crippen LogP contribution in [0.3, 0.4) is 0 Å². The fraction of sp³-hybridized carbons (Fsp3) is 0.455. The van der Waals surface area contributed by atoms with Crippen molar-refractivity contribution in [1.82, 2.24) is 15.2 Å². The second-order valence-electron chi connectivity index (χ2n) is 3.39. The molecule has 1 heterocycles. The summed E-state index contributed by atoms with van der Waals surface area (Å²) in [6.07, 6.45) is 3.47. The lowest BCUT2D eigenvalue weighted by Gasteiger charge is -2.16. The monoisotopic (exact) mass is 275 g/mol. The van der Waals surface area contributed by atoms with Gasteiger partial charge < -0.3 is 10.2 Å². The average Bonchev–Trinajstić information content (AvgIpc) is 2.34. The Balaban J connectivity index is 0.00000256. The molecule has 6 heteroatoms. The van der Waals surface area contributed by atoms with Gasteiger partial charge >= 0.3 is 0 Å². The van der Waals surface area contributed by atoms with Gasteiger partial charge in [0, 0.05) is 37.4 Å². The molecule has 0 radical (unpaired) electrons. The maximum Gasteiger partial charge on any atom is 0.232 e. The first-order valence-corrected chi connectivity index (χ1v) is 6.14. The number of nitrogens with one attached hydrogen (secondary N) is 1. The van der Waals surface area contributed by atoms with E-state index in [9.17, 15) is 4.79 Å². The van der Waals surface area contributed by atoms with E-state index >= 15 is 0 Å². The van der Waals surface area contributed by atoms with E-state index in [0.29, 0.717) is 5.75 Å². The zero-order valence-electron chi connectivity index (χ0n) is 10.0. The minimum Gasteiger partial charge on any atom is -0.344 e. The van der Waals surface area contributed by atoms with Crippen molar-refractivity contribution >= 4 is 30.1 Å². The lowest BCUT2D eigenvalue weighted by atomic mass is 10.5. The summed E-state index contributed by atoms with van der Waals surface area (Å²) < 4.78 is 0. The first kappa shape index (κ1) is 16.2. The van der Waals surface area contributed by atoms with Gasteiger partial charge in [-0.15, -0.1) is 24.2 Å². The van der Waals surface area contributed by atoms with Crippen LogP contribution in [0.15, 0.2) is 29.4 Å². The van der Waals surface area contributed by atoms with Crippen LogP contribution in [0.5, 0.6) is 0 Å². The van der Waals surface area contributed by atoms with Crippen molar-refractivity contribution in [2.75, 3.05) is 32.9 Å². The van der Waals surface area contributed by atoms with E-state index in [0.717, 1.165) is 18.0 Å². The normalized spacial score (nSPS) is 9.53. The van der Waals surface area contributed by atoms with Gasteiger partial charge in [0.1, 0.15) is 0 Å². The molecule has 1 aromatic rings. The number of thioether (sulfide) groups is 1. The highest BCUT2D eigenvalue weighted by Crippen LogP contribution is 2.16. The van der Waals surface area contributed by atoms with Gasteiger partial charge in [-0.1, -0.05) is 0 Å². The number of amides is 1. The Morgan fingerprint density at radius 2 is 2.12 bits per heavy atom. The van der Waals surface area contributed by atoms with Crippen LogP contribution >= 0.6 is 24.2 Å². The van der Waals surface area contributed by atoms with Crippen molar-refractivity contribution in [3.8, 4) is 0 Å². The van der Waals surface area contributed by atoms with Gasteiger partial charge in [0.15, 0.2) is 0 Å². The maximum absolute atomic E-state index is 11.7. The summed E-state index contributed by atoms with van der Waals surface area (Å²) in [4.78, 5) is 18.4. The van der Waals surface area contributed by atoms with E-state index in [1.54, 1.807) is 17.3 Å². The van der Waals surface area contributed by atoms with Gasteiger partial charge in [-0.2, -0.15) is 0 Å². The summed E-state index contributed by atoms with van der Waals surface area (Å²) in [7, 11) is 3.71. The molecule has 0 atom stereocenters. The molecule has 0 saturated heterocycles. The molecular weight excluding hydrogens is 258 g/mol. The second kappa shape index (κ2) is 9.27. The van der Waals surface area contributed by atoms with Crippen molar-refractivity contribution in [2.45, 2.75) is 4.90 Å². The number of aromatic nitrogens is 1. The first-order chi connectivity index (χ1) is 7.74. The van der Waals surface area contributed by atoms with Crippen molar-refractivity contribution in [3.05, 3.63) is 24.5 Å². The van der Waals surface area contributed by atoms with E-state index in [1.807, 2.05) is 26.2 Å². The topological polar surface area (TPSA) is 45.2 Å². The molecule has 0 bridgehead atoms. The first-order valence-electron chi connectivity index (χ1n) is 5.15. The molecule has 0 aliphatic carbocycles. The summed E-state index contributed by atoms with van der Waals surface area (Å²) in [5.74, 6) is 0.626. The van der Waals surface area contributed by atoms with Crippen LogP contribution in [0.2, 0.25) is 0 Å². The highest BCUT2D eigenvalue weighted by atomic mass is 35.5. The maximum atomic E-state index is 11.7. The third kappa shape index (κ3) is 6.51. The lowest BCUT2D eigenvalue weighted by molar-refractivity contribution is -0.127. The van der Waals surface area contributed by atoms with Gasteiger partial charge in [-0.3, -0.25) is 9.78 Å². The van der Waals surface area contributed by atoms with Crippen LogP contribution in [-0.2, 0) is 4.79 Å². The van der Waals surface area contributed by atoms with E-state index in [-0.39, 0.29) is 18.3 Å². The minimum atomic E-state index is 0. The number of carbonyl (C=O) groups is 1. The third-order valence-corrected chi connectivity index (χ3v) is 3.13. The zero-order chi connectivity index (χ0) is 11.8. The van der Waals surface area contributed by atoms with Crippen LogP contribution in [0.1, 0.15) is 0 Å². The van der Waals surface area contributed by atoms with E-state index < -0.39 is 0 Å². The van der Waals surface area contributed by atoms with Gasteiger partial charge in [-0.25, -0.2) is 0 Å². The molecule has 1 N–H and O–H groups in total. The molecule has 1 rings (SSSR count). The number of halogens is 1. The van der Waals surface area contributed by atoms with E-state index in [2.05, 4.69) is 10.3 Å².